The van der Waals surface area contributed by atoms with E-state index in [0.29, 0.717) is 11.5 Å². The number of nitrogens with zero attached hydrogens (tertiary/aromatic N) is 2. The van der Waals surface area contributed by atoms with Gasteiger partial charge in [0, 0.05) is 31.0 Å². The second-order valence-electron chi connectivity index (χ2n) is 8.93. The van der Waals surface area contributed by atoms with Gasteiger partial charge >= 0.3 is 0 Å². The van der Waals surface area contributed by atoms with E-state index in [-0.39, 0.29) is 12.4 Å². The van der Waals surface area contributed by atoms with Crippen LogP contribution in [0.15, 0.2) is 47.6 Å². The van der Waals surface area contributed by atoms with Crippen molar-refractivity contribution in [2.24, 2.45) is 5.92 Å². The summed E-state index contributed by atoms with van der Waals surface area (Å²) < 4.78 is 1.28. The van der Waals surface area contributed by atoms with Crippen LogP contribution in [0.5, 0.6) is 0 Å². The Morgan fingerprint density at radius 1 is 1.28 bits per heavy atom. The highest BCUT2D eigenvalue weighted by molar-refractivity contribution is 5.85. The molecule has 25 heavy (non-hydrogen) atoms. The normalized spacial score (nSPS) is 44.1. The molecule has 1 aromatic carbocycles. The van der Waals surface area contributed by atoms with E-state index < -0.39 is 0 Å². The van der Waals surface area contributed by atoms with Gasteiger partial charge in [-0.05, 0) is 36.1 Å². The fourth-order valence-corrected chi connectivity index (χ4v) is 7.37. The van der Waals surface area contributed by atoms with Gasteiger partial charge < -0.3 is 9.38 Å². The number of halogens is 1. The van der Waals surface area contributed by atoms with Crippen LogP contribution in [0.4, 0.5) is 5.69 Å². The average Bonchev–Trinajstić information content (AvgIpc) is 3.11. The highest BCUT2D eigenvalue weighted by Crippen LogP contribution is 2.65. The first kappa shape index (κ1) is 16.0. The average molecular weight is 356 g/mol. The summed E-state index contributed by atoms with van der Waals surface area (Å²) in [6.07, 6.45) is 9.04. The first-order valence-electron chi connectivity index (χ1n) is 9.74. The van der Waals surface area contributed by atoms with Gasteiger partial charge in [-0.25, -0.2) is 0 Å². The summed E-state index contributed by atoms with van der Waals surface area (Å²) in [7, 11) is 2.54. The number of allylic oxidation sites excluding steroid dienone is 1. The van der Waals surface area contributed by atoms with E-state index in [2.05, 4.69) is 55.3 Å². The van der Waals surface area contributed by atoms with Gasteiger partial charge in [-0.2, -0.15) is 0 Å². The zero-order valence-corrected chi connectivity index (χ0v) is 16.1. The van der Waals surface area contributed by atoms with Crippen LogP contribution in [0.2, 0.25) is 0 Å². The largest absolute Gasteiger partial charge is 0.363 e. The molecule has 1 aromatic rings. The molecule has 5 atom stereocenters. The van der Waals surface area contributed by atoms with Gasteiger partial charge in [-0.3, -0.25) is 0 Å². The Labute approximate surface area is 157 Å². The smallest absolute Gasteiger partial charge is 0.102 e. The van der Waals surface area contributed by atoms with Crippen molar-refractivity contribution in [3.63, 3.8) is 0 Å². The quantitative estimate of drug-likeness (QED) is 0.501. The highest BCUT2D eigenvalue weighted by Gasteiger charge is 2.71. The highest BCUT2D eigenvalue weighted by atomic mass is 35.5. The Morgan fingerprint density at radius 2 is 2.12 bits per heavy atom. The summed E-state index contributed by atoms with van der Waals surface area (Å²) in [5.74, 6) is 0.722. The number of fused-ring (bicyclic) bond motifs is 4. The molecule has 132 valence electrons. The third kappa shape index (κ3) is 1.62. The van der Waals surface area contributed by atoms with Crippen LogP contribution in [-0.2, 0) is 5.41 Å². The summed E-state index contributed by atoms with van der Waals surface area (Å²) in [6.45, 7) is 6.10. The summed E-state index contributed by atoms with van der Waals surface area (Å²) in [5.41, 5.74) is 7.10. The predicted octanol–water partition coefficient (Wildman–Crippen LogP) is 4.06. The molecule has 0 N–H and O–H groups in total. The lowest BCUT2D eigenvalue weighted by atomic mass is 9.57. The number of benzene rings is 1. The van der Waals surface area contributed by atoms with Crippen LogP contribution in [0.3, 0.4) is 0 Å². The number of anilines is 1. The number of rotatable bonds is 0. The first-order valence-corrected chi connectivity index (χ1v) is 9.74. The van der Waals surface area contributed by atoms with Crippen LogP contribution in [0.1, 0.15) is 31.7 Å². The molecule has 6 rings (SSSR count). The Morgan fingerprint density at radius 3 is 2.96 bits per heavy atom. The zero-order chi connectivity index (χ0) is 16.1. The molecule has 0 aromatic heterocycles. The van der Waals surface area contributed by atoms with Crippen molar-refractivity contribution in [1.29, 1.82) is 0 Å². The summed E-state index contributed by atoms with van der Waals surface area (Å²) >= 11 is 0. The van der Waals surface area contributed by atoms with Crippen molar-refractivity contribution >= 4 is 18.1 Å². The number of hydrogen-bond acceptors (Lipinski definition) is 1. The molecule has 3 fully saturated rings. The van der Waals surface area contributed by atoms with Crippen molar-refractivity contribution in [1.82, 2.24) is 0 Å². The molecule has 1 spiro atoms. The third-order valence-electron chi connectivity index (χ3n) is 8.19. The van der Waals surface area contributed by atoms with Crippen molar-refractivity contribution in [3.05, 3.63) is 53.1 Å². The zero-order valence-electron chi connectivity index (χ0n) is 15.2. The molecule has 4 aliphatic heterocycles. The van der Waals surface area contributed by atoms with Gasteiger partial charge in [0.1, 0.15) is 12.6 Å². The number of piperidine rings is 1. The summed E-state index contributed by atoms with van der Waals surface area (Å²) in [6, 6.07) is 10.8. The summed E-state index contributed by atoms with van der Waals surface area (Å²) in [4.78, 5) is 2.79. The number of likely N-dealkylation sites (N-methyl/N-ethyl adjacent to an activating group) is 1. The Kier molecular flexibility index (Phi) is 3.14. The van der Waals surface area contributed by atoms with E-state index in [4.69, 9.17) is 0 Å². The third-order valence-corrected chi connectivity index (χ3v) is 8.19. The molecule has 2 bridgehead atoms. The van der Waals surface area contributed by atoms with E-state index in [1.165, 1.54) is 43.4 Å². The molecule has 0 radical (unpaired) electrons. The van der Waals surface area contributed by atoms with Gasteiger partial charge in [0.15, 0.2) is 0 Å². The molecule has 4 heterocycles. The van der Waals surface area contributed by atoms with Gasteiger partial charge in [0.25, 0.3) is 0 Å². The van der Waals surface area contributed by atoms with Crippen molar-refractivity contribution in [2.45, 2.75) is 43.7 Å². The molecular formula is C22H28ClN2+. The van der Waals surface area contributed by atoms with Gasteiger partial charge in [0.05, 0.1) is 25.0 Å². The van der Waals surface area contributed by atoms with Gasteiger partial charge in [0.2, 0.25) is 0 Å². The lowest BCUT2D eigenvalue weighted by Gasteiger charge is -2.56. The molecule has 2 nitrogen and oxygen atoms in total. The van der Waals surface area contributed by atoms with E-state index >= 15 is 0 Å². The standard InChI is InChI=1S/C22H27N2.ClH/c1-3-15-14-24(2)12-10-22-18-8-4-5-9-19(18)23-11-6-7-16(21(22)23)17(15)13-20(22)24;/h3-5,7-9,17,20-21H,6,10-14H2,1-2H3;1H/q+1;/b15-3+;. The second kappa shape index (κ2) is 4.92. The molecular weight excluding hydrogens is 328 g/mol. The fraction of sp³-hybridized carbons (Fsp3) is 0.545. The van der Waals surface area contributed by atoms with Crippen LogP contribution in [-0.4, -0.2) is 43.2 Å². The fourth-order valence-electron chi connectivity index (χ4n) is 7.37. The topological polar surface area (TPSA) is 3.24 Å². The molecule has 2 saturated heterocycles. The van der Waals surface area contributed by atoms with Crippen LogP contribution in [0, 0.1) is 5.92 Å². The molecule has 5 unspecified atom stereocenters. The number of quaternary nitrogens is 1. The lowest BCUT2D eigenvalue weighted by Crippen LogP contribution is -2.67. The Bertz CT molecular complexity index is 812. The maximum atomic E-state index is 2.79. The number of hydrogen-bond donors (Lipinski definition) is 0. The molecule has 1 saturated carbocycles. The predicted molar refractivity (Wildman–Crippen MR) is 105 cm³/mol. The van der Waals surface area contributed by atoms with E-state index in [0.717, 1.165) is 12.0 Å². The molecule has 3 heteroatoms. The first-order chi connectivity index (χ1) is 11.7. The van der Waals surface area contributed by atoms with Crippen molar-refractivity contribution in [2.75, 3.05) is 31.6 Å². The maximum Gasteiger partial charge on any atom is 0.102 e. The SMILES string of the molecule is C/C=C1\C[N+]2(C)CCC34c5ccccc5N5CCC=C(C1CC32)C54.Cl. The monoisotopic (exact) mass is 355 g/mol. The minimum absolute atomic E-state index is 0. The maximum absolute atomic E-state index is 2.79. The molecule has 5 aliphatic rings. The summed E-state index contributed by atoms with van der Waals surface area (Å²) in [5, 5.41) is 0. The number of para-hydroxylation sites is 1. The lowest BCUT2D eigenvalue weighted by molar-refractivity contribution is -0.924. The van der Waals surface area contributed by atoms with E-state index in [1.54, 1.807) is 22.4 Å². The minimum atomic E-state index is 0. The van der Waals surface area contributed by atoms with Crippen LogP contribution in [0.25, 0.3) is 0 Å². The van der Waals surface area contributed by atoms with E-state index in [9.17, 15) is 0 Å². The van der Waals surface area contributed by atoms with Crippen molar-refractivity contribution < 1.29 is 4.48 Å². The minimum Gasteiger partial charge on any atom is -0.363 e. The Hall–Kier alpha value is -1.25. The van der Waals surface area contributed by atoms with Crippen LogP contribution < -0.4 is 4.90 Å². The second-order valence-corrected chi connectivity index (χ2v) is 8.93. The van der Waals surface area contributed by atoms with E-state index in [1.807, 2.05) is 0 Å². The molecule has 1 aliphatic carbocycles. The van der Waals surface area contributed by atoms with Gasteiger partial charge in [-0.1, -0.05) is 30.4 Å². The Balaban J connectivity index is 0.00000140. The van der Waals surface area contributed by atoms with Crippen LogP contribution >= 0.6 is 12.4 Å². The molecule has 0 amide bonds. The van der Waals surface area contributed by atoms with Gasteiger partial charge in [-0.15, -0.1) is 12.4 Å². The van der Waals surface area contributed by atoms with Crippen molar-refractivity contribution in [3.8, 4) is 0 Å².